The van der Waals surface area contributed by atoms with Crippen LogP contribution in [0.2, 0.25) is 0 Å². The lowest BCUT2D eigenvalue weighted by Gasteiger charge is -2.22. The molecular weight excluding hydrogens is 336 g/mol. The van der Waals surface area contributed by atoms with Crippen molar-refractivity contribution in [3.05, 3.63) is 30.2 Å². The van der Waals surface area contributed by atoms with Crippen molar-refractivity contribution in [3.63, 3.8) is 0 Å². The molecule has 0 radical (unpaired) electrons. The first-order valence-electron chi connectivity index (χ1n) is 8.61. The minimum Gasteiger partial charge on any atom is -0.492 e. The number of hydrogen-bond donors (Lipinski definition) is 1. The zero-order valence-corrected chi connectivity index (χ0v) is 14.9. The van der Waals surface area contributed by atoms with E-state index in [9.17, 15) is 4.21 Å². The van der Waals surface area contributed by atoms with Gasteiger partial charge in [-0.25, -0.2) is 15.0 Å². The van der Waals surface area contributed by atoms with E-state index in [-0.39, 0.29) is 0 Å². The van der Waals surface area contributed by atoms with Gasteiger partial charge >= 0.3 is 0 Å². The largest absolute Gasteiger partial charge is 0.492 e. The van der Waals surface area contributed by atoms with E-state index in [1.54, 1.807) is 6.20 Å². The average molecular weight is 356 g/mol. The monoisotopic (exact) mass is 356 g/mol. The van der Waals surface area contributed by atoms with Crippen LogP contribution in [0, 0.1) is 0 Å². The SMILES string of the molecule is CCCCS(=O)c1ccc(-c2nc3ncncc3[nH]2)c2c1OCCC2. The molecule has 7 heteroatoms. The van der Waals surface area contributed by atoms with Crippen molar-refractivity contribution >= 4 is 22.0 Å². The Labute approximate surface area is 148 Å². The molecule has 0 spiro atoms. The molecule has 4 rings (SSSR count). The molecule has 6 nitrogen and oxygen atoms in total. The van der Waals surface area contributed by atoms with Crippen LogP contribution >= 0.6 is 0 Å². The highest BCUT2D eigenvalue weighted by molar-refractivity contribution is 7.85. The summed E-state index contributed by atoms with van der Waals surface area (Å²) in [4.78, 5) is 16.9. The number of ether oxygens (including phenoxy) is 1. The maximum Gasteiger partial charge on any atom is 0.181 e. The highest BCUT2D eigenvalue weighted by Gasteiger charge is 2.23. The number of nitrogens with one attached hydrogen (secondary N) is 1. The zero-order chi connectivity index (χ0) is 17.2. The number of unbranched alkanes of at least 4 members (excludes halogenated alkanes) is 1. The van der Waals surface area contributed by atoms with Crippen LogP contribution in [-0.2, 0) is 17.2 Å². The fraction of sp³-hybridized carbons (Fsp3) is 0.389. The van der Waals surface area contributed by atoms with Crippen LogP contribution in [0.15, 0.2) is 29.6 Å². The van der Waals surface area contributed by atoms with Crippen molar-refractivity contribution in [2.45, 2.75) is 37.5 Å². The van der Waals surface area contributed by atoms with Crippen molar-refractivity contribution in [2.24, 2.45) is 0 Å². The number of benzene rings is 1. The first-order valence-corrected chi connectivity index (χ1v) is 9.93. The molecular formula is C18H20N4O2S. The standard InChI is InChI=1S/C18H20N4O2S/c1-2-3-9-25(23)15-7-6-13(12-5-4-8-24-16(12)15)17-21-14-10-19-11-20-18(14)22-17/h6-7,10-11H,2-5,8-9H2,1H3,(H,19,20,21,22). The summed E-state index contributed by atoms with van der Waals surface area (Å²) in [6, 6.07) is 3.92. The number of aromatic amines is 1. The van der Waals surface area contributed by atoms with E-state index in [0.717, 1.165) is 58.8 Å². The minimum atomic E-state index is -1.03. The third-order valence-corrected chi connectivity index (χ3v) is 5.86. The zero-order valence-electron chi connectivity index (χ0n) is 14.1. The quantitative estimate of drug-likeness (QED) is 0.759. The van der Waals surface area contributed by atoms with Crippen molar-refractivity contribution in [1.29, 1.82) is 0 Å². The third-order valence-electron chi connectivity index (χ3n) is 4.39. The lowest BCUT2D eigenvalue weighted by molar-refractivity contribution is 0.281. The van der Waals surface area contributed by atoms with Gasteiger partial charge < -0.3 is 9.72 Å². The molecule has 1 N–H and O–H groups in total. The number of imidazole rings is 1. The maximum atomic E-state index is 12.7. The van der Waals surface area contributed by atoms with Gasteiger partial charge in [-0.05, 0) is 31.4 Å². The molecule has 1 atom stereocenters. The highest BCUT2D eigenvalue weighted by atomic mass is 32.2. The Morgan fingerprint density at radius 2 is 2.28 bits per heavy atom. The number of hydrogen-bond acceptors (Lipinski definition) is 5. The van der Waals surface area contributed by atoms with Crippen molar-refractivity contribution in [1.82, 2.24) is 19.9 Å². The molecule has 0 saturated heterocycles. The number of H-pyrrole nitrogens is 1. The predicted molar refractivity (Wildman–Crippen MR) is 97.1 cm³/mol. The number of nitrogens with zero attached hydrogens (tertiary/aromatic N) is 3. The Balaban J connectivity index is 1.80. The van der Waals surface area contributed by atoms with Crippen LogP contribution < -0.4 is 4.74 Å². The molecule has 1 aliphatic rings. The summed E-state index contributed by atoms with van der Waals surface area (Å²) >= 11 is 0. The van der Waals surface area contributed by atoms with Crippen LogP contribution in [0.3, 0.4) is 0 Å². The van der Waals surface area contributed by atoms with Crippen LogP contribution in [0.4, 0.5) is 0 Å². The number of rotatable bonds is 5. The molecule has 130 valence electrons. The Hall–Kier alpha value is -2.28. The topological polar surface area (TPSA) is 80.8 Å². The second-order valence-corrected chi connectivity index (χ2v) is 7.66. The highest BCUT2D eigenvalue weighted by Crippen LogP contribution is 2.38. The number of fused-ring (bicyclic) bond motifs is 2. The first-order chi connectivity index (χ1) is 12.3. The molecule has 0 amide bonds. The first kappa shape index (κ1) is 16.2. The van der Waals surface area contributed by atoms with Crippen molar-refractivity contribution in [2.75, 3.05) is 12.4 Å². The van der Waals surface area contributed by atoms with Gasteiger partial charge in [-0.15, -0.1) is 0 Å². The van der Waals surface area contributed by atoms with Gasteiger partial charge in [0.1, 0.15) is 23.4 Å². The molecule has 25 heavy (non-hydrogen) atoms. The Kier molecular flexibility index (Phi) is 4.48. The Bertz CT molecular complexity index is 905. The fourth-order valence-electron chi connectivity index (χ4n) is 3.11. The van der Waals surface area contributed by atoms with E-state index in [1.165, 1.54) is 6.33 Å². The molecule has 2 aromatic heterocycles. The van der Waals surface area contributed by atoms with Gasteiger partial charge in [0.05, 0.1) is 28.5 Å². The van der Waals surface area contributed by atoms with Crippen LogP contribution in [0.1, 0.15) is 31.7 Å². The van der Waals surface area contributed by atoms with E-state index >= 15 is 0 Å². The summed E-state index contributed by atoms with van der Waals surface area (Å²) < 4.78 is 18.6. The summed E-state index contributed by atoms with van der Waals surface area (Å²) in [6.45, 7) is 2.77. The van der Waals surface area contributed by atoms with Gasteiger partial charge in [0.15, 0.2) is 5.65 Å². The van der Waals surface area contributed by atoms with Crippen molar-refractivity contribution < 1.29 is 8.95 Å². The molecule has 3 aromatic rings. The second-order valence-electron chi connectivity index (χ2n) is 6.12. The molecule has 1 aliphatic heterocycles. The Morgan fingerprint density at radius 1 is 1.36 bits per heavy atom. The summed E-state index contributed by atoms with van der Waals surface area (Å²) in [6.07, 6.45) is 7.04. The van der Waals surface area contributed by atoms with Crippen molar-refractivity contribution in [3.8, 4) is 17.1 Å². The fourth-order valence-corrected chi connectivity index (χ4v) is 4.49. The van der Waals surface area contributed by atoms with E-state index in [0.29, 0.717) is 18.0 Å². The van der Waals surface area contributed by atoms with Gasteiger partial charge in [0.2, 0.25) is 0 Å². The van der Waals surface area contributed by atoms with Crippen LogP contribution in [0.5, 0.6) is 5.75 Å². The summed E-state index contributed by atoms with van der Waals surface area (Å²) in [5.74, 6) is 2.21. The average Bonchev–Trinajstić information content (AvgIpc) is 3.09. The maximum absolute atomic E-state index is 12.7. The summed E-state index contributed by atoms with van der Waals surface area (Å²) in [5, 5.41) is 0. The van der Waals surface area contributed by atoms with Crippen LogP contribution in [0.25, 0.3) is 22.6 Å². The van der Waals surface area contributed by atoms with E-state index in [2.05, 4.69) is 26.9 Å². The normalized spacial score (nSPS) is 14.9. The molecule has 0 aliphatic carbocycles. The predicted octanol–water partition coefficient (Wildman–Crippen LogP) is 3.25. The van der Waals surface area contributed by atoms with Crippen LogP contribution in [-0.4, -0.2) is 36.5 Å². The summed E-state index contributed by atoms with van der Waals surface area (Å²) in [7, 11) is -1.03. The minimum absolute atomic E-state index is 0.645. The Morgan fingerprint density at radius 3 is 3.12 bits per heavy atom. The van der Waals surface area contributed by atoms with Gasteiger partial charge in [-0.1, -0.05) is 13.3 Å². The molecule has 3 heterocycles. The van der Waals surface area contributed by atoms with Gasteiger partial charge in [-0.2, -0.15) is 0 Å². The lowest BCUT2D eigenvalue weighted by atomic mass is 9.99. The molecule has 1 aromatic carbocycles. The third kappa shape index (κ3) is 3.04. The van der Waals surface area contributed by atoms with Gasteiger partial charge in [0.25, 0.3) is 0 Å². The number of aromatic nitrogens is 4. The second kappa shape index (κ2) is 6.92. The lowest BCUT2D eigenvalue weighted by Crippen LogP contribution is -2.13. The van der Waals surface area contributed by atoms with E-state index < -0.39 is 10.8 Å². The molecule has 0 bridgehead atoms. The summed E-state index contributed by atoms with van der Waals surface area (Å²) in [5.41, 5.74) is 3.52. The van der Waals surface area contributed by atoms with Gasteiger partial charge in [0, 0.05) is 16.9 Å². The smallest absolute Gasteiger partial charge is 0.181 e. The molecule has 0 saturated carbocycles. The van der Waals surface area contributed by atoms with E-state index in [4.69, 9.17) is 4.74 Å². The molecule has 0 fully saturated rings. The van der Waals surface area contributed by atoms with Gasteiger partial charge in [-0.3, -0.25) is 4.21 Å². The van der Waals surface area contributed by atoms with E-state index in [1.807, 2.05) is 12.1 Å². The molecule has 1 unspecified atom stereocenters.